The third-order valence-electron chi connectivity index (χ3n) is 5.98. The van der Waals surface area contributed by atoms with Gasteiger partial charge in [0.05, 0.1) is 23.9 Å². The summed E-state index contributed by atoms with van der Waals surface area (Å²) in [5.41, 5.74) is 1.93. The maximum absolute atomic E-state index is 6.36. The molecule has 1 aromatic carbocycles. The molecule has 2 aromatic heterocycles. The molecule has 2 fully saturated rings. The van der Waals surface area contributed by atoms with E-state index in [1.54, 1.807) is 6.20 Å². The van der Waals surface area contributed by atoms with Gasteiger partial charge in [-0.2, -0.15) is 0 Å². The zero-order valence-corrected chi connectivity index (χ0v) is 19.8. The summed E-state index contributed by atoms with van der Waals surface area (Å²) in [6, 6.07) is 13.6. The summed E-state index contributed by atoms with van der Waals surface area (Å²) in [5.74, 6) is 2.48. The van der Waals surface area contributed by atoms with Crippen molar-refractivity contribution in [2.24, 2.45) is 0 Å². The molecule has 172 valence electrons. The Morgan fingerprint density at radius 2 is 1.64 bits per heavy atom. The summed E-state index contributed by atoms with van der Waals surface area (Å²) in [4.78, 5) is 21.2. The molecule has 0 amide bonds. The first kappa shape index (κ1) is 22.3. The number of hydrogen-bond donors (Lipinski definition) is 0. The lowest BCUT2D eigenvalue weighted by atomic mass is 10.2. The minimum atomic E-state index is 0.678. The van der Waals surface area contributed by atoms with Crippen molar-refractivity contribution in [1.29, 1.82) is 0 Å². The minimum absolute atomic E-state index is 0.678. The molecule has 0 bridgehead atoms. The van der Waals surface area contributed by atoms with Gasteiger partial charge in [0.15, 0.2) is 5.82 Å². The van der Waals surface area contributed by atoms with Crippen LogP contribution in [0.2, 0.25) is 10.0 Å². The van der Waals surface area contributed by atoms with Crippen LogP contribution in [0.15, 0.2) is 48.7 Å². The predicted molar refractivity (Wildman–Crippen MR) is 132 cm³/mol. The van der Waals surface area contributed by atoms with E-state index >= 15 is 0 Å². The van der Waals surface area contributed by atoms with Crippen LogP contribution in [-0.4, -0.2) is 72.3 Å². The van der Waals surface area contributed by atoms with E-state index in [1.807, 2.05) is 36.4 Å². The van der Waals surface area contributed by atoms with Crippen LogP contribution in [0.25, 0.3) is 11.4 Å². The third-order valence-corrected chi connectivity index (χ3v) is 6.51. The number of anilines is 2. The van der Waals surface area contributed by atoms with Crippen molar-refractivity contribution in [1.82, 2.24) is 19.9 Å². The topological polar surface area (TPSA) is 57.6 Å². The fourth-order valence-corrected chi connectivity index (χ4v) is 4.66. The molecule has 0 spiro atoms. The quantitative estimate of drug-likeness (QED) is 0.542. The summed E-state index contributed by atoms with van der Waals surface area (Å²) < 4.78 is 5.50. The Balaban J connectivity index is 1.39. The Morgan fingerprint density at radius 1 is 0.848 bits per heavy atom. The highest BCUT2D eigenvalue weighted by Crippen LogP contribution is 2.27. The van der Waals surface area contributed by atoms with E-state index in [0.29, 0.717) is 15.9 Å². The van der Waals surface area contributed by atoms with Crippen molar-refractivity contribution in [3.05, 3.63) is 64.4 Å². The number of rotatable bonds is 5. The summed E-state index contributed by atoms with van der Waals surface area (Å²) in [7, 11) is 0. The van der Waals surface area contributed by atoms with E-state index in [9.17, 15) is 0 Å². The third kappa shape index (κ3) is 5.38. The number of aromatic nitrogens is 3. The first-order valence-corrected chi connectivity index (χ1v) is 12.0. The average molecular weight is 485 g/mol. The van der Waals surface area contributed by atoms with Gasteiger partial charge in [0.2, 0.25) is 0 Å². The van der Waals surface area contributed by atoms with Gasteiger partial charge in [-0.15, -0.1) is 0 Å². The molecule has 0 N–H and O–H groups in total. The van der Waals surface area contributed by atoms with Gasteiger partial charge in [-0.1, -0.05) is 35.3 Å². The number of morpholine rings is 1. The fourth-order valence-electron chi connectivity index (χ4n) is 4.23. The second-order valence-corrected chi connectivity index (χ2v) is 9.07. The lowest BCUT2D eigenvalue weighted by Crippen LogP contribution is -2.47. The molecular formula is C24H26Cl2N6O. The highest BCUT2D eigenvalue weighted by Gasteiger charge is 2.22. The van der Waals surface area contributed by atoms with Crippen LogP contribution in [0.1, 0.15) is 5.69 Å². The van der Waals surface area contributed by atoms with E-state index in [1.165, 1.54) is 0 Å². The van der Waals surface area contributed by atoms with Gasteiger partial charge in [-0.25, -0.2) is 15.0 Å². The molecule has 9 heteroatoms. The standard InChI is InChI=1S/C24H26Cl2N6O/c25-19-4-1-3-18(15-19)23-28-20(17-30-11-13-33-14-12-30)16-22(29-23)31-7-9-32(10-8-31)24-21(26)5-2-6-27-24/h1-6,15-16H,7-14,17H2. The molecule has 5 rings (SSSR count). The number of piperazine rings is 1. The summed E-state index contributed by atoms with van der Waals surface area (Å²) in [5, 5.41) is 1.36. The number of pyridine rings is 1. The fraction of sp³-hybridized carbons (Fsp3) is 0.375. The molecule has 0 unspecified atom stereocenters. The van der Waals surface area contributed by atoms with Crippen LogP contribution in [0.3, 0.4) is 0 Å². The van der Waals surface area contributed by atoms with Gasteiger partial charge in [-0.3, -0.25) is 4.90 Å². The van der Waals surface area contributed by atoms with Crippen molar-refractivity contribution < 1.29 is 4.74 Å². The average Bonchev–Trinajstić information content (AvgIpc) is 2.85. The highest BCUT2D eigenvalue weighted by atomic mass is 35.5. The van der Waals surface area contributed by atoms with E-state index < -0.39 is 0 Å². The Labute approximate surface area is 203 Å². The van der Waals surface area contributed by atoms with E-state index in [-0.39, 0.29) is 0 Å². The van der Waals surface area contributed by atoms with E-state index in [4.69, 9.17) is 37.9 Å². The number of ether oxygens (including phenoxy) is 1. The van der Waals surface area contributed by atoms with E-state index in [2.05, 4.69) is 25.8 Å². The van der Waals surface area contributed by atoms with Crippen LogP contribution in [-0.2, 0) is 11.3 Å². The Morgan fingerprint density at radius 3 is 2.39 bits per heavy atom. The number of benzene rings is 1. The smallest absolute Gasteiger partial charge is 0.161 e. The second-order valence-electron chi connectivity index (χ2n) is 8.22. The van der Waals surface area contributed by atoms with Crippen LogP contribution in [0.4, 0.5) is 11.6 Å². The maximum atomic E-state index is 6.36. The van der Waals surface area contributed by atoms with Crippen molar-refractivity contribution in [3.8, 4) is 11.4 Å². The monoisotopic (exact) mass is 484 g/mol. The van der Waals surface area contributed by atoms with E-state index in [0.717, 1.165) is 81.9 Å². The van der Waals surface area contributed by atoms with Gasteiger partial charge >= 0.3 is 0 Å². The zero-order valence-electron chi connectivity index (χ0n) is 18.3. The van der Waals surface area contributed by atoms with Crippen LogP contribution < -0.4 is 9.80 Å². The second kappa shape index (κ2) is 10.2. The number of halogens is 2. The van der Waals surface area contributed by atoms with Crippen LogP contribution >= 0.6 is 23.2 Å². The first-order valence-electron chi connectivity index (χ1n) is 11.2. The van der Waals surface area contributed by atoms with Crippen molar-refractivity contribution >= 4 is 34.8 Å². The Hall–Kier alpha value is -2.45. The maximum Gasteiger partial charge on any atom is 0.161 e. The normalized spacial score (nSPS) is 17.4. The van der Waals surface area contributed by atoms with Crippen molar-refractivity contribution in [2.45, 2.75) is 6.54 Å². The molecule has 0 radical (unpaired) electrons. The number of nitrogens with zero attached hydrogens (tertiary/aromatic N) is 6. The molecular weight excluding hydrogens is 459 g/mol. The van der Waals surface area contributed by atoms with Gasteiger partial charge in [0.1, 0.15) is 11.6 Å². The number of hydrogen-bond acceptors (Lipinski definition) is 7. The predicted octanol–water partition coefficient (Wildman–Crippen LogP) is 4.00. The lowest BCUT2D eigenvalue weighted by Gasteiger charge is -2.36. The molecule has 0 aliphatic carbocycles. The van der Waals surface area contributed by atoms with Crippen molar-refractivity contribution in [3.63, 3.8) is 0 Å². The molecule has 0 atom stereocenters. The first-order chi connectivity index (χ1) is 16.2. The van der Waals surface area contributed by atoms with Gasteiger partial charge in [-0.05, 0) is 24.3 Å². The highest BCUT2D eigenvalue weighted by molar-refractivity contribution is 6.33. The molecule has 7 nitrogen and oxygen atoms in total. The van der Waals surface area contributed by atoms with Crippen LogP contribution in [0, 0.1) is 0 Å². The van der Waals surface area contributed by atoms with Crippen molar-refractivity contribution in [2.75, 3.05) is 62.3 Å². The van der Waals surface area contributed by atoms with Gasteiger partial charge < -0.3 is 14.5 Å². The largest absolute Gasteiger partial charge is 0.379 e. The zero-order chi connectivity index (χ0) is 22.6. The summed E-state index contributed by atoms with van der Waals surface area (Å²) in [6.45, 7) is 7.43. The molecule has 2 aliphatic rings. The molecule has 0 saturated carbocycles. The van der Waals surface area contributed by atoms with Gasteiger partial charge in [0, 0.05) is 68.7 Å². The molecule has 2 aliphatic heterocycles. The molecule has 33 heavy (non-hydrogen) atoms. The lowest BCUT2D eigenvalue weighted by molar-refractivity contribution is 0.0336. The summed E-state index contributed by atoms with van der Waals surface area (Å²) >= 11 is 12.6. The summed E-state index contributed by atoms with van der Waals surface area (Å²) in [6.07, 6.45) is 1.78. The molecule has 3 aromatic rings. The van der Waals surface area contributed by atoms with Crippen LogP contribution in [0.5, 0.6) is 0 Å². The Kier molecular flexibility index (Phi) is 6.92. The van der Waals surface area contributed by atoms with Gasteiger partial charge in [0.25, 0.3) is 0 Å². The molecule has 2 saturated heterocycles. The Bertz CT molecular complexity index is 1100. The minimum Gasteiger partial charge on any atom is -0.379 e. The SMILES string of the molecule is Clc1cccc(-c2nc(CN3CCOCC3)cc(N3CCN(c4ncccc4Cl)CC3)n2)c1. The molecule has 4 heterocycles.